The summed E-state index contributed by atoms with van der Waals surface area (Å²) in [6, 6.07) is 14.0. The number of nitrogens with zero attached hydrogens (tertiary/aromatic N) is 3. The topological polar surface area (TPSA) is 71.1 Å². The second-order valence-corrected chi connectivity index (χ2v) is 6.35. The first-order valence-electron chi connectivity index (χ1n) is 8.63. The normalized spacial score (nSPS) is 10.8. The van der Waals surface area contributed by atoms with Crippen LogP contribution in [-0.4, -0.2) is 22.0 Å². The number of aryl methyl sites for hydroxylation is 1. The Morgan fingerprint density at radius 3 is 2.57 bits per heavy atom. The van der Waals surface area contributed by atoms with Crippen molar-refractivity contribution in [2.24, 2.45) is 0 Å². The first-order chi connectivity index (χ1) is 13.5. The molecule has 0 amide bonds. The van der Waals surface area contributed by atoms with Crippen molar-refractivity contribution >= 4 is 22.3 Å². The number of aromatic nitrogens is 3. The number of aromatic amines is 1. The number of fused-ring (bicyclic) bond motifs is 1. The monoisotopic (exact) mass is 376 g/mol. The highest BCUT2D eigenvalue weighted by molar-refractivity contribution is 5.76. The molecule has 2 aromatic carbocycles. The molecule has 0 aliphatic heterocycles. The molecular formula is C21H17FN4O2. The summed E-state index contributed by atoms with van der Waals surface area (Å²) in [7, 11) is 1.86. The van der Waals surface area contributed by atoms with E-state index in [-0.39, 0.29) is 17.4 Å². The maximum Gasteiger partial charge on any atom is 0.302 e. The van der Waals surface area contributed by atoms with Gasteiger partial charge in [0.05, 0.1) is 17.1 Å². The predicted molar refractivity (Wildman–Crippen MR) is 106 cm³/mol. The van der Waals surface area contributed by atoms with Gasteiger partial charge in [-0.3, -0.25) is 14.8 Å². The van der Waals surface area contributed by atoms with Crippen LogP contribution in [0.4, 0.5) is 15.8 Å². The molecule has 4 rings (SSSR count). The van der Waals surface area contributed by atoms with Crippen molar-refractivity contribution in [3.8, 4) is 11.8 Å². The van der Waals surface area contributed by atoms with E-state index in [4.69, 9.17) is 4.74 Å². The molecule has 7 heteroatoms. The van der Waals surface area contributed by atoms with Gasteiger partial charge in [0.25, 0.3) is 5.56 Å². The van der Waals surface area contributed by atoms with Crippen molar-refractivity contribution in [1.82, 2.24) is 15.0 Å². The number of ether oxygens (including phenoxy) is 1. The van der Waals surface area contributed by atoms with E-state index in [2.05, 4.69) is 15.0 Å². The van der Waals surface area contributed by atoms with E-state index in [1.54, 1.807) is 31.2 Å². The minimum Gasteiger partial charge on any atom is -0.426 e. The molecular weight excluding hydrogens is 359 g/mol. The number of pyridine rings is 1. The molecule has 0 saturated carbocycles. The largest absolute Gasteiger partial charge is 0.426 e. The van der Waals surface area contributed by atoms with Crippen LogP contribution in [0.15, 0.2) is 65.7 Å². The third-order valence-electron chi connectivity index (χ3n) is 4.47. The summed E-state index contributed by atoms with van der Waals surface area (Å²) in [5, 5.41) is 0.449. The zero-order valence-electron chi connectivity index (χ0n) is 15.3. The Balaban J connectivity index is 1.56. The Hall–Kier alpha value is -3.74. The molecule has 0 aliphatic carbocycles. The SMILES string of the molecule is Cc1ccc(N(C)c2ccc(Oc3nc4cnccc4c(=O)[nH]3)cc2)cc1F. The average molecular weight is 376 g/mol. The van der Waals surface area contributed by atoms with Gasteiger partial charge in [0.15, 0.2) is 0 Å². The highest BCUT2D eigenvalue weighted by Gasteiger charge is 2.09. The Bertz CT molecular complexity index is 1210. The number of hydrogen-bond acceptors (Lipinski definition) is 5. The molecule has 0 aliphatic rings. The van der Waals surface area contributed by atoms with E-state index >= 15 is 0 Å². The smallest absolute Gasteiger partial charge is 0.302 e. The van der Waals surface area contributed by atoms with Crippen LogP contribution in [0.1, 0.15) is 5.56 Å². The molecule has 6 nitrogen and oxygen atoms in total. The van der Waals surface area contributed by atoms with Crippen LogP contribution >= 0.6 is 0 Å². The van der Waals surface area contributed by atoms with Gasteiger partial charge in [-0.05, 0) is 55.0 Å². The molecule has 2 heterocycles. The van der Waals surface area contributed by atoms with Crippen LogP contribution in [-0.2, 0) is 0 Å². The molecule has 0 radical (unpaired) electrons. The van der Waals surface area contributed by atoms with E-state index < -0.39 is 0 Å². The summed E-state index contributed by atoms with van der Waals surface area (Å²) in [4.78, 5) is 24.8. The number of H-pyrrole nitrogens is 1. The van der Waals surface area contributed by atoms with Crippen molar-refractivity contribution in [3.63, 3.8) is 0 Å². The second kappa shape index (κ2) is 7.11. The Labute approximate surface area is 160 Å². The van der Waals surface area contributed by atoms with Gasteiger partial charge in [-0.1, -0.05) is 6.07 Å². The van der Waals surface area contributed by atoms with Gasteiger partial charge >= 0.3 is 6.01 Å². The summed E-state index contributed by atoms with van der Waals surface area (Å²) in [6.07, 6.45) is 3.05. The summed E-state index contributed by atoms with van der Waals surface area (Å²) >= 11 is 0. The van der Waals surface area contributed by atoms with Gasteiger partial charge in [-0.2, -0.15) is 4.98 Å². The van der Waals surface area contributed by atoms with E-state index in [1.165, 1.54) is 18.5 Å². The summed E-state index contributed by atoms with van der Waals surface area (Å²) < 4.78 is 19.5. The van der Waals surface area contributed by atoms with Gasteiger partial charge in [-0.15, -0.1) is 0 Å². The number of halogens is 1. The van der Waals surface area contributed by atoms with E-state index in [0.717, 1.165) is 11.4 Å². The highest BCUT2D eigenvalue weighted by Crippen LogP contribution is 2.28. The molecule has 1 N–H and O–H groups in total. The fourth-order valence-corrected chi connectivity index (χ4v) is 2.81. The fraction of sp³-hybridized carbons (Fsp3) is 0.0952. The second-order valence-electron chi connectivity index (χ2n) is 6.35. The van der Waals surface area contributed by atoms with Crippen molar-refractivity contribution < 1.29 is 9.13 Å². The van der Waals surface area contributed by atoms with Crippen molar-refractivity contribution in [3.05, 3.63) is 82.7 Å². The van der Waals surface area contributed by atoms with Crippen molar-refractivity contribution in [2.75, 3.05) is 11.9 Å². The lowest BCUT2D eigenvalue weighted by molar-refractivity contribution is 0.443. The maximum atomic E-state index is 13.8. The molecule has 0 fully saturated rings. The standard InChI is InChI=1S/C21H17FN4O2/c1-13-3-4-15(11-18(13)22)26(2)14-5-7-16(8-6-14)28-21-24-19-12-23-10-9-17(19)20(27)25-21/h3-12H,1-2H3,(H,24,25,27). The Morgan fingerprint density at radius 1 is 1.07 bits per heavy atom. The summed E-state index contributed by atoms with van der Waals surface area (Å²) in [5.41, 5.74) is 2.37. The zero-order valence-corrected chi connectivity index (χ0v) is 15.3. The lowest BCUT2D eigenvalue weighted by atomic mass is 10.2. The predicted octanol–water partition coefficient (Wildman–Crippen LogP) is 4.33. The molecule has 0 spiro atoms. The van der Waals surface area contributed by atoms with E-state index in [0.29, 0.717) is 22.2 Å². The van der Waals surface area contributed by atoms with Gasteiger partial charge in [0.1, 0.15) is 11.6 Å². The lowest BCUT2D eigenvalue weighted by Gasteiger charge is -2.20. The van der Waals surface area contributed by atoms with Crippen LogP contribution in [0.2, 0.25) is 0 Å². The number of hydrogen-bond donors (Lipinski definition) is 1. The number of benzene rings is 2. The van der Waals surface area contributed by atoms with Gasteiger partial charge in [0.2, 0.25) is 0 Å². The first-order valence-corrected chi connectivity index (χ1v) is 8.63. The minimum absolute atomic E-state index is 0.0900. The van der Waals surface area contributed by atoms with Crippen LogP contribution in [0.3, 0.4) is 0 Å². The third-order valence-corrected chi connectivity index (χ3v) is 4.47. The zero-order chi connectivity index (χ0) is 19.7. The van der Waals surface area contributed by atoms with Crippen molar-refractivity contribution in [2.45, 2.75) is 6.92 Å². The molecule has 0 bridgehead atoms. The quantitative estimate of drug-likeness (QED) is 0.574. The average Bonchev–Trinajstić information content (AvgIpc) is 2.70. The molecule has 4 aromatic rings. The molecule has 140 valence electrons. The number of anilines is 2. The first kappa shape index (κ1) is 17.7. The fourth-order valence-electron chi connectivity index (χ4n) is 2.81. The van der Waals surface area contributed by atoms with Crippen LogP contribution in [0.25, 0.3) is 10.9 Å². The Kier molecular flexibility index (Phi) is 4.49. The maximum absolute atomic E-state index is 13.8. The third kappa shape index (κ3) is 3.42. The lowest BCUT2D eigenvalue weighted by Crippen LogP contribution is -2.10. The number of rotatable bonds is 4. The summed E-state index contributed by atoms with van der Waals surface area (Å²) in [5.74, 6) is 0.267. The Morgan fingerprint density at radius 2 is 1.82 bits per heavy atom. The number of nitrogens with one attached hydrogen (secondary N) is 1. The van der Waals surface area contributed by atoms with E-state index in [9.17, 15) is 9.18 Å². The van der Waals surface area contributed by atoms with Crippen LogP contribution in [0, 0.1) is 12.7 Å². The molecule has 0 saturated heterocycles. The van der Waals surface area contributed by atoms with Gasteiger partial charge < -0.3 is 9.64 Å². The highest BCUT2D eigenvalue weighted by atomic mass is 19.1. The minimum atomic E-state index is -0.292. The van der Waals surface area contributed by atoms with Gasteiger partial charge in [0, 0.05) is 24.6 Å². The van der Waals surface area contributed by atoms with Crippen LogP contribution in [0.5, 0.6) is 11.8 Å². The molecule has 0 atom stereocenters. The molecule has 0 unspecified atom stereocenters. The molecule has 2 aromatic heterocycles. The van der Waals surface area contributed by atoms with Gasteiger partial charge in [-0.25, -0.2) is 4.39 Å². The molecule has 28 heavy (non-hydrogen) atoms. The van der Waals surface area contributed by atoms with Crippen molar-refractivity contribution in [1.29, 1.82) is 0 Å². The summed E-state index contributed by atoms with van der Waals surface area (Å²) in [6.45, 7) is 1.73. The van der Waals surface area contributed by atoms with E-state index in [1.807, 2.05) is 30.1 Å². The van der Waals surface area contributed by atoms with Crippen LogP contribution < -0.4 is 15.2 Å².